The molecule has 1 saturated heterocycles. The maximum Gasteiger partial charge on any atom is 0.224 e. The normalized spacial score (nSPS) is 14.8. The fraction of sp³-hybridized carbons (Fsp3) is 0.406. The molecule has 5 rings (SSSR count). The molecule has 1 fully saturated rings. The van der Waals surface area contributed by atoms with Crippen molar-refractivity contribution in [2.45, 2.75) is 52.3 Å². The fourth-order valence-corrected chi connectivity index (χ4v) is 5.54. The molecule has 0 saturated carbocycles. The smallest absolute Gasteiger partial charge is 0.224 e. The van der Waals surface area contributed by atoms with E-state index in [1.165, 1.54) is 0 Å². The minimum absolute atomic E-state index is 0.00499. The van der Waals surface area contributed by atoms with Crippen LogP contribution in [-0.4, -0.2) is 66.2 Å². The van der Waals surface area contributed by atoms with Gasteiger partial charge in [0.2, 0.25) is 5.91 Å². The number of aromatic nitrogens is 3. The highest BCUT2D eigenvalue weighted by Gasteiger charge is 2.26. The second-order valence-corrected chi connectivity index (χ2v) is 10.4. The molecule has 2 aromatic heterocycles. The van der Waals surface area contributed by atoms with E-state index in [2.05, 4.69) is 11.2 Å². The number of nitrogens with zero attached hydrogens (tertiary/aromatic N) is 4. The van der Waals surface area contributed by atoms with Gasteiger partial charge in [-0.3, -0.25) is 9.48 Å². The standard InChI is InChI=1S/C32H38N4O5/c1-21-17-22(2)36(34-21)15-14-30(37)35(20-24-9-8-16-41-24)19-23-18-26-28(39-4)12-13-29(40-5)32(26)33-31(23)25-10-6-7-11-27(25)38-3/h6-7,10-13,17-18,24H,8-9,14-16,19-20H2,1-5H3. The molecule has 0 N–H and O–H groups in total. The minimum Gasteiger partial charge on any atom is -0.496 e. The highest BCUT2D eigenvalue weighted by Crippen LogP contribution is 2.38. The third-order valence-corrected chi connectivity index (χ3v) is 7.59. The number of hydrogen-bond acceptors (Lipinski definition) is 7. The van der Waals surface area contributed by atoms with Gasteiger partial charge < -0.3 is 23.8 Å². The van der Waals surface area contributed by atoms with Crippen LogP contribution in [0.1, 0.15) is 36.2 Å². The van der Waals surface area contributed by atoms with Gasteiger partial charge >= 0.3 is 0 Å². The molecule has 4 aromatic rings. The maximum absolute atomic E-state index is 13.8. The zero-order valence-electron chi connectivity index (χ0n) is 24.5. The lowest BCUT2D eigenvalue weighted by atomic mass is 10.0. The second kappa shape index (κ2) is 12.6. The van der Waals surface area contributed by atoms with E-state index in [1.54, 1.807) is 21.3 Å². The lowest BCUT2D eigenvalue weighted by Gasteiger charge is -2.27. The third-order valence-electron chi connectivity index (χ3n) is 7.59. The largest absolute Gasteiger partial charge is 0.496 e. The number of amides is 1. The van der Waals surface area contributed by atoms with Crippen molar-refractivity contribution < 1.29 is 23.7 Å². The van der Waals surface area contributed by atoms with Crippen molar-refractivity contribution in [3.8, 4) is 28.5 Å². The predicted octanol–water partition coefficient (Wildman–Crippen LogP) is 5.34. The molecule has 41 heavy (non-hydrogen) atoms. The topological polar surface area (TPSA) is 87.9 Å². The Morgan fingerprint density at radius 2 is 1.78 bits per heavy atom. The monoisotopic (exact) mass is 558 g/mol. The average molecular weight is 559 g/mol. The van der Waals surface area contributed by atoms with Gasteiger partial charge in [0.1, 0.15) is 22.8 Å². The Morgan fingerprint density at radius 1 is 1.02 bits per heavy atom. The highest BCUT2D eigenvalue weighted by molar-refractivity contribution is 5.93. The summed E-state index contributed by atoms with van der Waals surface area (Å²) in [5.41, 5.74) is 5.11. The summed E-state index contributed by atoms with van der Waals surface area (Å²) in [6.45, 7) is 6.07. The van der Waals surface area contributed by atoms with Crippen LogP contribution in [0.15, 0.2) is 48.5 Å². The number of benzene rings is 2. The van der Waals surface area contributed by atoms with Gasteiger partial charge in [-0.15, -0.1) is 0 Å². The summed E-state index contributed by atoms with van der Waals surface area (Å²) >= 11 is 0. The summed E-state index contributed by atoms with van der Waals surface area (Å²) in [4.78, 5) is 20.8. The van der Waals surface area contributed by atoms with Crippen LogP contribution >= 0.6 is 0 Å². The molecule has 1 unspecified atom stereocenters. The van der Waals surface area contributed by atoms with Gasteiger partial charge in [0.25, 0.3) is 0 Å². The predicted molar refractivity (Wildman–Crippen MR) is 158 cm³/mol. The molecule has 1 aliphatic heterocycles. The summed E-state index contributed by atoms with van der Waals surface area (Å²) in [5.74, 6) is 2.06. The summed E-state index contributed by atoms with van der Waals surface area (Å²) in [6.07, 6.45) is 2.27. The third kappa shape index (κ3) is 6.15. The molecule has 1 atom stereocenters. The molecule has 9 heteroatoms. The van der Waals surface area contributed by atoms with E-state index in [-0.39, 0.29) is 12.0 Å². The zero-order chi connectivity index (χ0) is 28.9. The van der Waals surface area contributed by atoms with Gasteiger partial charge in [-0.05, 0) is 68.7 Å². The SMILES string of the molecule is COc1ccccc1-c1nc2c(OC)ccc(OC)c2cc1CN(CC1CCCO1)C(=O)CCn1nc(C)cc1C. The molecule has 1 amide bonds. The first-order chi connectivity index (χ1) is 19.9. The van der Waals surface area contributed by atoms with Gasteiger partial charge in [-0.2, -0.15) is 5.10 Å². The van der Waals surface area contributed by atoms with Crippen LogP contribution in [0.4, 0.5) is 0 Å². The first kappa shape index (κ1) is 28.4. The number of methoxy groups -OCH3 is 3. The molecule has 0 radical (unpaired) electrons. The van der Waals surface area contributed by atoms with E-state index >= 15 is 0 Å². The Kier molecular flexibility index (Phi) is 8.73. The average Bonchev–Trinajstić information content (AvgIpc) is 3.62. The van der Waals surface area contributed by atoms with E-state index in [0.717, 1.165) is 53.0 Å². The zero-order valence-corrected chi connectivity index (χ0v) is 24.5. The van der Waals surface area contributed by atoms with E-state index in [4.69, 9.17) is 23.9 Å². The first-order valence-corrected chi connectivity index (χ1v) is 14.0. The molecule has 0 bridgehead atoms. The number of ether oxygens (including phenoxy) is 4. The number of aryl methyl sites for hydroxylation is 3. The number of para-hydroxylation sites is 1. The van der Waals surface area contributed by atoms with Gasteiger partial charge in [-0.1, -0.05) is 12.1 Å². The molecule has 216 valence electrons. The van der Waals surface area contributed by atoms with Gasteiger partial charge in [0.05, 0.1) is 38.8 Å². The Bertz CT molecular complexity index is 1530. The van der Waals surface area contributed by atoms with Crippen LogP contribution < -0.4 is 14.2 Å². The van der Waals surface area contributed by atoms with Crippen LogP contribution in [0.3, 0.4) is 0 Å². The number of carbonyl (C=O) groups excluding carboxylic acids is 1. The molecule has 9 nitrogen and oxygen atoms in total. The van der Waals surface area contributed by atoms with Crippen molar-refractivity contribution in [2.75, 3.05) is 34.5 Å². The van der Waals surface area contributed by atoms with Crippen LogP contribution in [0.25, 0.3) is 22.2 Å². The van der Waals surface area contributed by atoms with Crippen molar-refractivity contribution in [2.24, 2.45) is 0 Å². The number of pyridine rings is 1. The molecule has 1 aliphatic rings. The number of fused-ring (bicyclic) bond motifs is 1. The first-order valence-electron chi connectivity index (χ1n) is 14.0. The maximum atomic E-state index is 13.8. The van der Waals surface area contributed by atoms with Gasteiger partial charge in [0, 0.05) is 49.3 Å². The molecule has 2 aromatic carbocycles. The Labute approximate surface area is 241 Å². The second-order valence-electron chi connectivity index (χ2n) is 10.4. The van der Waals surface area contributed by atoms with Crippen molar-refractivity contribution in [1.82, 2.24) is 19.7 Å². The Balaban J connectivity index is 1.58. The van der Waals surface area contributed by atoms with Crippen molar-refractivity contribution >= 4 is 16.8 Å². The number of hydrogen-bond donors (Lipinski definition) is 0. The van der Waals surface area contributed by atoms with Crippen molar-refractivity contribution in [3.63, 3.8) is 0 Å². The van der Waals surface area contributed by atoms with Gasteiger partial charge in [-0.25, -0.2) is 4.98 Å². The Morgan fingerprint density at radius 3 is 2.46 bits per heavy atom. The quantitative estimate of drug-likeness (QED) is 0.246. The molecular formula is C32H38N4O5. The summed E-state index contributed by atoms with van der Waals surface area (Å²) in [6, 6.07) is 15.6. The highest BCUT2D eigenvalue weighted by atomic mass is 16.5. The summed E-state index contributed by atoms with van der Waals surface area (Å²) < 4.78 is 25.0. The van der Waals surface area contributed by atoms with Crippen molar-refractivity contribution in [3.05, 3.63) is 65.5 Å². The van der Waals surface area contributed by atoms with Crippen LogP contribution in [-0.2, 0) is 22.6 Å². The molecule has 0 aliphatic carbocycles. The van der Waals surface area contributed by atoms with Crippen LogP contribution in [0.5, 0.6) is 17.2 Å². The van der Waals surface area contributed by atoms with E-state index in [9.17, 15) is 4.79 Å². The van der Waals surface area contributed by atoms with Crippen LogP contribution in [0, 0.1) is 13.8 Å². The lowest BCUT2D eigenvalue weighted by molar-refractivity contribution is -0.133. The van der Waals surface area contributed by atoms with Gasteiger partial charge in [0.15, 0.2) is 0 Å². The van der Waals surface area contributed by atoms with Crippen molar-refractivity contribution in [1.29, 1.82) is 0 Å². The molecule has 0 spiro atoms. The minimum atomic E-state index is 0.00499. The number of carbonyl (C=O) groups is 1. The molecular weight excluding hydrogens is 520 g/mol. The lowest BCUT2D eigenvalue weighted by Crippen LogP contribution is -2.37. The Hall–Kier alpha value is -4.11. The van der Waals surface area contributed by atoms with E-state index in [0.29, 0.717) is 48.8 Å². The fourth-order valence-electron chi connectivity index (χ4n) is 5.54. The van der Waals surface area contributed by atoms with Crippen LogP contribution in [0.2, 0.25) is 0 Å². The number of rotatable bonds is 11. The molecule has 3 heterocycles. The summed E-state index contributed by atoms with van der Waals surface area (Å²) in [5, 5.41) is 5.36. The van der Waals surface area contributed by atoms with E-state index in [1.807, 2.05) is 65.9 Å². The van der Waals surface area contributed by atoms with E-state index < -0.39 is 0 Å². The summed E-state index contributed by atoms with van der Waals surface area (Å²) in [7, 11) is 4.92.